The second-order valence-electron chi connectivity index (χ2n) is 6.60. The van der Waals surface area contributed by atoms with Crippen LogP contribution in [-0.4, -0.2) is 20.7 Å². The van der Waals surface area contributed by atoms with E-state index >= 15 is 0 Å². The minimum Gasteiger partial charge on any atom is -0.192 e. The molecule has 0 fully saturated rings. The minimum absolute atomic E-state index is 0.170. The van der Waals surface area contributed by atoms with E-state index < -0.39 is 0 Å². The Balaban J connectivity index is 1.81. The molecule has 3 nitrogen and oxygen atoms in total. The summed E-state index contributed by atoms with van der Waals surface area (Å²) in [6, 6.07) is 0. The van der Waals surface area contributed by atoms with Crippen molar-refractivity contribution in [1.82, 2.24) is 15.0 Å². The first-order valence-corrected chi connectivity index (χ1v) is 11.7. The van der Waals surface area contributed by atoms with Gasteiger partial charge in [0.2, 0.25) is 10.6 Å². The van der Waals surface area contributed by atoms with Crippen LogP contribution in [0.4, 0.5) is 0 Å². The zero-order chi connectivity index (χ0) is 18.2. The van der Waals surface area contributed by atoms with Crippen molar-refractivity contribution in [3.05, 3.63) is 10.6 Å². The molecular formula is C19H33Cl2N3S. The highest BCUT2D eigenvalue weighted by Crippen LogP contribution is 2.19. The Bertz CT molecular complexity index is 426. The van der Waals surface area contributed by atoms with Gasteiger partial charge in [0.25, 0.3) is 0 Å². The van der Waals surface area contributed by atoms with Crippen LogP contribution < -0.4 is 0 Å². The number of unbranched alkanes of at least 4 members (excludes halogenated alkanes) is 13. The van der Waals surface area contributed by atoms with E-state index in [4.69, 9.17) is 23.2 Å². The van der Waals surface area contributed by atoms with Crippen molar-refractivity contribution in [3.8, 4) is 0 Å². The molecule has 1 aromatic rings. The van der Waals surface area contributed by atoms with Crippen molar-refractivity contribution in [2.24, 2.45) is 0 Å². The number of hydrogen-bond acceptors (Lipinski definition) is 4. The lowest BCUT2D eigenvalue weighted by Crippen LogP contribution is -1.93. The molecule has 1 heterocycles. The van der Waals surface area contributed by atoms with Crippen LogP contribution >= 0.6 is 35.0 Å². The minimum atomic E-state index is 0.170. The van der Waals surface area contributed by atoms with Crippen LogP contribution in [0.2, 0.25) is 10.6 Å². The molecular weight excluding hydrogens is 373 g/mol. The number of hydrogen-bond donors (Lipinski definition) is 0. The fraction of sp³-hybridized carbons (Fsp3) is 0.842. The quantitative estimate of drug-likeness (QED) is 0.208. The average molecular weight is 406 g/mol. The third kappa shape index (κ3) is 13.8. The van der Waals surface area contributed by atoms with Gasteiger partial charge in [0.15, 0.2) is 5.16 Å². The Hall–Kier alpha value is -0.0600. The lowest BCUT2D eigenvalue weighted by molar-refractivity contribution is 0.538. The molecule has 1 aromatic heterocycles. The SMILES string of the molecule is CCCCCCCCCCCCCCCCSc1nc(Cl)nc(Cl)n1. The molecule has 0 radical (unpaired) electrons. The van der Waals surface area contributed by atoms with Crippen LogP contribution in [-0.2, 0) is 0 Å². The number of thioether (sulfide) groups is 1. The molecule has 0 spiro atoms. The predicted octanol–water partition coefficient (Wildman–Crippen LogP) is 7.75. The summed E-state index contributed by atoms with van der Waals surface area (Å²) in [7, 11) is 0. The summed E-state index contributed by atoms with van der Waals surface area (Å²) in [4.78, 5) is 11.9. The van der Waals surface area contributed by atoms with Gasteiger partial charge in [-0.15, -0.1) is 0 Å². The smallest absolute Gasteiger partial charge is 0.192 e. The van der Waals surface area contributed by atoms with Crippen LogP contribution in [0.3, 0.4) is 0 Å². The predicted molar refractivity (Wildman–Crippen MR) is 111 cm³/mol. The molecule has 0 unspecified atom stereocenters. The van der Waals surface area contributed by atoms with Gasteiger partial charge in [-0.2, -0.15) is 15.0 Å². The zero-order valence-electron chi connectivity index (χ0n) is 15.6. The summed E-state index contributed by atoms with van der Waals surface area (Å²) in [6.07, 6.45) is 19.3. The van der Waals surface area contributed by atoms with Gasteiger partial charge in [-0.3, -0.25) is 0 Å². The van der Waals surface area contributed by atoms with Gasteiger partial charge >= 0.3 is 0 Å². The van der Waals surface area contributed by atoms with Crippen molar-refractivity contribution in [3.63, 3.8) is 0 Å². The third-order valence-corrected chi connectivity index (χ3v) is 5.56. The summed E-state index contributed by atoms with van der Waals surface area (Å²) >= 11 is 13.1. The van der Waals surface area contributed by atoms with Gasteiger partial charge in [0.1, 0.15) is 0 Å². The van der Waals surface area contributed by atoms with Crippen LogP contribution in [0.5, 0.6) is 0 Å². The van der Waals surface area contributed by atoms with Crippen molar-refractivity contribution in [2.75, 3.05) is 5.75 Å². The highest BCUT2D eigenvalue weighted by Gasteiger charge is 2.03. The lowest BCUT2D eigenvalue weighted by Gasteiger charge is -2.03. The Morgan fingerprint density at radius 3 is 1.44 bits per heavy atom. The first-order valence-electron chi connectivity index (χ1n) is 9.92. The van der Waals surface area contributed by atoms with Crippen molar-refractivity contribution >= 4 is 35.0 Å². The Labute approximate surface area is 168 Å². The molecule has 6 heteroatoms. The molecule has 0 aliphatic carbocycles. The van der Waals surface area contributed by atoms with Gasteiger partial charge in [-0.05, 0) is 29.6 Å². The standard InChI is InChI=1S/C19H33Cl2N3S/c1-2-3-4-5-6-7-8-9-10-11-12-13-14-15-16-25-19-23-17(20)22-18(21)24-19/h2-16H2,1H3. The van der Waals surface area contributed by atoms with E-state index in [2.05, 4.69) is 21.9 Å². The molecule has 1 rings (SSSR count). The topological polar surface area (TPSA) is 38.7 Å². The van der Waals surface area contributed by atoms with Crippen LogP contribution in [0.1, 0.15) is 96.8 Å². The van der Waals surface area contributed by atoms with Crippen molar-refractivity contribution < 1.29 is 0 Å². The highest BCUT2D eigenvalue weighted by atomic mass is 35.5. The maximum atomic E-state index is 5.76. The second kappa shape index (κ2) is 16.1. The van der Waals surface area contributed by atoms with Gasteiger partial charge < -0.3 is 0 Å². The van der Waals surface area contributed by atoms with E-state index in [0.29, 0.717) is 5.16 Å². The monoisotopic (exact) mass is 405 g/mol. The Morgan fingerprint density at radius 1 is 0.600 bits per heavy atom. The highest BCUT2D eigenvalue weighted by molar-refractivity contribution is 7.99. The number of rotatable bonds is 16. The van der Waals surface area contributed by atoms with E-state index in [1.807, 2.05) is 0 Å². The van der Waals surface area contributed by atoms with Gasteiger partial charge in [-0.1, -0.05) is 102 Å². The molecule has 0 atom stereocenters. The molecule has 0 saturated heterocycles. The molecule has 0 aromatic carbocycles. The number of nitrogens with zero attached hydrogens (tertiary/aromatic N) is 3. The average Bonchev–Trinajstić information content (AvgIpc) is 2.57. The number of halogens is 2. The maximum absolute atomic E-state index is 5.76. The van der Waals surface area contributed by atoms with Crippen LogP contribution in [0.25, 0.3) is 0 Å². The summed E-state index contributed by atoms with van der Waals surface area (Å²) in [5, 5.41) is 0.964. The van der Waals surface area contributed by atoms with Crippen molar-refractivity contribution in [1.29, 1.82) is 0 Å². The van der Waals surface area contributed by atoms with Gasteiger partial charge in [0.05, 0.1) is 0 Å². The summed E-state index contributed by atoms with van der Waals surface area (Å²) in [6.45, 7) is 2.28. The van der Waals surface area contributed by atoms with Crippen LogP contribution in [0, 0.1) is 0 Å². The molecule has 0 aliphatic heterocycles. The normalized spacial score (nSPS) is 11.2. The largest absolute Gasteiger partial charge is 0.227 e. The first-order chi connectivity index (χ1) is 12.2. The second-order valence-corrected chi connectivity index (χ2v) is 8.34. The molecule has 0 aliphatic rings. The van der Waals surface area contributed by atoms with E-state index in [1.54, 1.807) is 11.8 Å². The van der Waals surface area contributed by atoms with E-state index in [-0.39, 0.29) is 10.6 Å². The molecule has 0 bridgehead atoms. The molecule has 25 heavy (non-hydrogen) atoms. The summed E-state index contributed by atoms with van der Waals surface area (Å²) < 4.78 is 0. The van der Waals surface area contributed by atoms with Crippen molar-refractivity contribution in [2.45, 2.75) is 102 Å². The van der Waals surface area contributed by atoms with E-state index in [0.717, 1.165) is 5.75 Å². The maximum Gasteiger partial charge on any atom is 0.227 e. The molecule has 144 valence electrons. The zero-order valence-corrected chi connectivity index (χ0v) is 17.9. The lowest BCUT2D eigenvalue weighted by atomic mass is 10.0. The first kappa shape index (κ1) is 23.0. The molecule has 0 saturated carbocycles. The van der Waals surface area contributed by atoms with E-state index in [1.165, 1.54) is 89.9 Å². The Kier molecular flexibility index (Phi) is 14.8. The van der Waals surface area contributed by atoms with Gasteiger partial charge in [0, 0.05) is 5.75 Å². The fourth-order valence-electron chi connectivity index (χ4n) is 2.83. The molecule has 0 amide bonds. The van der Waals surface area contributed by atoms with E-state index in [9.17, 15) is 0 Å². The van der Waals surface area contributed by atoms with Gasteiger partial charge in [-0.25, -0.2) is 0 Å². The molecule has 0 N–H and O–H groups in total. The third-order valence-electron chi connectivity index (χ3n) is 4.29. The number of aromatic nitrogens is 3. The Morgan fingerprint density at radius 2 is 1.00 bits per heavy atom. The van der Waals surface area contributed by atoms with Crippen LogP contribution in [0.15, 0.2) is 5.16 Å². The summed E-state index contributed by atoms with van der Waals surface area (Å²) in [5.41, 5.74) is 0. The fourth-order valence-corrected chi connectivity index (χ4v) is 4.13. The summed E-state index contributed by atoms with van der Waals surface area (Å²) in [5.74, 6) is 1.01.